The van der Waals surface area contributed by atoms with Gasteiger partial charge in [-0.05, 0) is 90.2 Å². The first-order valence-electron chi connectivity index (χ1n) is 17.8. The van der Waals surface area contributed by atoms with Crippen LogP contribution in [0.3, 0.4) is 0 Å². The van der Waals surface area contributed by atoms with Crippen molar-refractivity contribution in [3.63, 3.8) is 0 Å². The van der Waals surface area contributed by atoms with E-state index in [1.807, 2.05) is 12.1 Å². The molecule has 7 nitrogen and oxygen atoms in total. The number of carbonyl (C=O) groups excluding carboxylic acids is 1. The molecule has 316 valence electrons. The van der Waals surface area contributed by atoms with E-state index in [1.54, 1.807) is 38.5 Å². The second kappa shape index (κ2) is 20.1. The predicted octanol–water partition coefficient (Wildman–Crippen LogP) is 10.9. The monoisotopic (exact) mass is 836 g/mol. The van der Waals surface area contributed by atoms with Crippen molar-refractivity contribution in [2.24, 2.45) is 0 Å². The molecule has 5 aromatic carbocycles. The highest BCUT2D eigenvalue weighted by molar-refractivity contribution is 5.95. The molecule has 0 radical (unpaired) electrons. The van der Waals surface area contributed by atoms with Gasteiger partial charge in [0.25, 0.3) is 0 Å². The third kappa shape index (κ3) is 13.2. The minimum atomic E-state index is -4.49. The van der Waals surface area contributed by atoms with E-state index in [1.165, 1.54) is 55.5 Å². The number of hydrogen-bond donors (Lipinski definition) is 1. The Morgan fingerprint density at radius 3 is 1.36 bits per heavy atom. The Balaban J connectivity index is 0.000000288. The summed E-state index contributed by atoms with van der Waals surface area (Å²) < 4.78 is 136. The lowest BCUT2D eigenvalue weighted by molar-refractivity contribution is -0.138. The summed E-state index contributed by atoms with van der Waals surface area (Å²) in [4.78, 5) is 14.7. The minimum Gasteiger partial charge on any atom is -0.493 e. The summed E-state index contributed by atoms with van der Waals surface area (Å²) in [5.41, 5.74) is 0.869. The molecular formula is C43H41F9N2O5. The fourth-order valence-electron chi connectivity index (χ4n) is 5.73. The zero-order valence-corrected chi connectivity index (χ0v) is 32.3. The highest BCUT2D eigenvalue weighted by Crippen LogP contribution is 2.34. The summed E-state index contributed by atoms with van der Waals surface area (Å²) in [6, 6.07) is 24.4. The first-order chi connectivity index (χ1) is 27.9. The summed E-state index contributed by atoms with van der Waals surface area (Å²) in [6.07, 6.45) is -12.6. The average Bonchev–Trinajstić information content (AvgIpc) is 3.20. The van der Waals surface area contributed by atoms with E-state index in [9.17, 15) is 44.3 Å². The van der Waals surface area contributed by atoms with Crippen molar-refractivity contribution in [3.8, 4) is 23.0 Å². The molecule has 0 atom stereocenters. The number of alkyl halides is 9. The van der Waals surface area contributed by atoms with E-state index in [0.717, 1.165) is 47.6 Å². The molecule has 0 aliphatic carbocycles. The van der Waals surface area contributed by atoms with Crippen molar-refractivity contribution >= 4 is 17.3 Å². The zero-order valence-electron chi connectivity index (χ0n) is 32.3. The maximum atomic E-state index is 13.2. The van der Waals surface area contributed by atoms with Gasteiger partial charge in [0.2, 0.25) is 5.91 Å². The van der Waals surface area contributed by atoms with Crippen LogP contribution in [0.1, 0.15) is 33.4 Å². The second-order valence-corrected chi connectivity index (χ2v) is 12.8. The molecule has 1 N–H and O–H groups in total. The maximum absolute atomic E-state index is 13.2. The summed E-state index contributed by atoms with van der Waals surface area (Å²) in [7, 11) is 6.01. The first kappa shape index (κ1) is 45.6. The molecule has 0 aliphatic heterocycles. The molecule has 0 aliphatic rings. The lowest BCUT2D eigenvalue weighted by Crippen LogP contribution is -2.34. The third-order valence-corrected chi connectivity index (χ3v) is 8.93. The molecule has 0 bridgehead atoms. The van der Waals surface area contributed by atoms with Gasteiger partial charge >= 0.3 is 18.5 Å². The number of amides is 1. The van der Waals surface area contributed by atoms with Crippen LogP contribution in [-0.4, -0.2) is 47.4 Å². The van der Waals surface area contributed by atoms with Crippen molar-refractivity contribution in [1.82, 2.24) is 0 Å². The number of nitrogens with one attached hydrogen (secondary N) is 1. The van der Waals surface area contributed by atoms with E-state index in [0.29, 0.717) is 52.8 Å². The van der Waals surface area contributed by atoms with Gasteiger partial charge in [-0.15, -0.1) is 0 Å². The summed E-state index contributed by atoms with van der Waals surface area (Å²) >= 11 is 0. The third-order valence-electron chi connectivity index (χ3n) is 8.93. The Labute approximate surface area is 335 Å². The number of methoxy groups -OCH3 is 4. The SMILES string of the molecule is COc1ccc(N(CCc2ccc(C(F)(F)F)cc2)C(=O)Cc2ccc(C(F)(F)F)cc2)cc1OC.COc1ccc(NCCc2ccc(C(F)(F)F)cc2)cc1OC. The number of rotatable bonds is 14. The number of halogens is 9. The lowest BCUT2D eigenvalue weighted by Gasteiger charge is -2.24. The summed E-state index contributed by atoms with van der Waals surface area (Å²) in [5, 5.41) is 3.21. The highest BCUT2D eigenvalue weighted by atomic mass is 19.4. The molecule has 0 aromatic heterocycles. The van der Waals surface area contributed by atoms with Gasteiger partial charge in [-0.25, -0.2) is 0 Å². The van der Waals surface area contributed by atoms with Gasteiger partial charge in [-0.3, -0.25) is 4.79 Å². The molecule has 16 heteroatoms. The molecule has 0 saturated heterocycles. The summed E-state index contributed by atoms with van der Waals surface area (Å²) in [6.45, 7) is 0.709. The van der Waals surface area contributed by atoms with Crippen LogP contribution in [0, 0.1) is 0 Å². The second-order valence-electron chi connectivity index (χ2n) is 12.8. The van der Waals surface area contributed by atoms with E-state index >= 15 is 0 Å². The molecule has 1 amide bonds. The fraction of sp³-hybridized carbons (Fsp3) is 0.279. The normalized spacial score (nSPS) is 11.5. The predicted molar refractivity (Wildman–Crippen MR) is 205 cm³/mol. The molecule has 0 heterocycles. The van der Waals surface area contributed by atoms with Crippen molar-refractivity contribution in [1.29, 1.82) is 0 Å². The fourth-order valence-corrected chi connectivity index (χ4v) is 5.73. The molecule has 0 spiro atoms. The van der Waals surface area contributed by atoms with Crippen molar-refractivity contribution in [2.45, 2.75) is 37.8 Å². The Bertz CT molecular complexity index is 2100. The van der Waals surface area contributed by atoms with Crippen LogP contribution in [-0.2, 0) is 42.6 Å². The van der Waals surface area contributed by atoms with Crippen LogP contribution in [0.4, 0.5) is 50.9 Å². The van der Waals surface area contributed by atoms with Crippen LogP contribution in [0.2, 0.25) is 0 Å². The van der Waals surface area contributed by atoms with Gasteiger partial charge in [-0.2, -0.15) is 39.5 Å². The van der Waals surface area contributed by atoms with Gasteiger partial charge in [0.05, 0.1) is 51.6 Å². The number of anilines is 2. The molecular weight excluding hydrogens is 795 g/mol. The van der Waals surface area contributed by atoms with E-state index in [-0.39, 0.29) is 19.4 Å². The van der Waals surface area contributed by atoms with Crippen molar-refractivity contribution in [3.05, 3.63) is 143 Å². The van der Waals surface area contributed by atoms with Gasteiger partial charge in [0.15, 0.2) is 23.0 Å². The van der Waals surface area contributed by atoms with Crippen LogP contribution < -0.4 is 29.2 Å². The van der Waals surface area contributed by atoms with Crippen LogP contribution >= 0.6 is 0 Å². The minimum absolute atomic E-state index is 0.111. The maximum Gasteiger partial charge on any atom is 0.416 e. The standard InChI is InChI=1S/C26H23F6NO3.C17H18F3NO2/c1-35-22-12-11-21(16-23(22)36-2)33(14-13-17-3-7-19(8-4-17)25(27,28)29)24(34)15-18-5-9-20(10-6-18)26(30,31)32;1-22-15-8-7-14(11-16(15)23-2)21-10-9-12-3-5-13(6-4-12)17(18,19)20/h3-12,16H,13-15H2,1-2H3;3-8,11,21H,9-10H2,1-2H3. The molecule has 0 unspecified atom stereocenters. The number of nitrogens with zero attached hydrogens (tertiary/aromatic N) is 1. The summed E-state index contributed by atoms with van der Waals surface area (Å²) in [5.74, 6) is 1.64. The largest absolute Gasteiger partial charge is 0.493 e. The van der Waals surface area contributed by atoms with Crippen LogP contribution in [0.5, 0.6) is 23.0 Å². The molecule has 0 saturated carbocycles. The number of carbonyl (C=O) groups is 1. The van der Waals surface area contributed by atoms with E-state index in [4.69, 9.17) is 18.9 Å². The zero-order chi connectivity index (χ0) is 43.4. The van der Waals surface area contributed by atoms with Crippen LogP contribution in [0.25, 0.3) is 0 Å². The Morgan fingerprint density at radius 1 is 0.508 bits per heavy atom. The Kier molecular flexibility index (Phi) is 15.5. The van der Waals surface area contributed by atoms with Gasteiger partial charge in [-0.1, -0.05) is 36.4 Å². The number of hydrogen-bond acceptors (Lipinski definition) is 6. The molecule has 5 aromatic rings. The Morgan fingerprint density at radius 2 is 0.915 bits per heavy atom. The number of benzene rings is 5. The van der Waals surface area contributed by atoms with Gasteiger partial charge < -0.3 is 29.2 Å². The van der Waals surface area contributed by atoms with Gasteiger partial charge in [0.1, 0.15) is 0 Å². The quantitative estimate of drug-likeness (QED) is 0.112. The topological polar surface area (TPSA) is 69.3 Å². The van der Waals surface area contributed by atoms with Crippen LogP contribution in [0.15, 0.2) is 109 Å². The van der Waals surface area contributed by atoms with E-state index < -0.39 is 41.1 Å². The smallest absolute Gasteiger partial charge is 0.416 e. The van der Waals surface area contributed by atoms with Gasteiger partial charge in [0, 0.05) is 36.6 Å². The lowest BCUT2D eigenvalue weighted by atomic mass is 10.1. The highest BCUT2D eigenvalue weighted by Gasteiger charge is 2.32. The number of ether oxygens (including phenoxy) is 4. The van der Waals surface area contributed by atoms with E-state index in [2.05, 4.69) is 5.32 Å². The first-order valence-corrected chi connectivity index (χ1v) is 17.8. The van der Waals surface area contributed by atoms with Crippen molar-refractivity contribution in [2.75, 3.05) is 51.7 Å². The molecule has 59 heavy (non-hydrogen) atoms. The average molecular weight is 837 g/mol. The molecule has 0 fully saturated rings. The molecule has 5 rings (SSSR count). The van der Waals surface area contributed by atoms with Crippen molar-refractivity contribution < 1.29 is 63.3 Å². The Hall–Kier alpha value is -6.06.